The molecule has 3 aromatic carbocycles. The molecule has 49 heavy (non-hydrogen) atoms. The Kier molecular flexibility index (Phi) is 10.8. The molecule has 0 unspecified atom stereocenters. The second-order valence-corrected chi connectivity index (χ2v) is 12.0. The van der Waals surface area contributed by atoms with E-state index in [1.165, 1.54) is 6.26 Å². The first kappa shape index (κ1) is 34.1. The zero-order valence-corrected chi connectivity index (χ0v) is 27.0. The Morgan fingerprint density at radius 3 is 2.27 bits per heavy atom. The predicted molar refractivity (Wildman–Crippen MR) is 179 cm³/mol. The van der Waals surface area contributed by atoms with Crippen molar-refractivity contribution in [2.24, 2.45) is 0 Å². The van der Waals surface area contributed by atoms with E-state index in [1.54, 1.807) is 41.3 Å². The third kappa shape index (κ3) is 7.45. The number of hydrogen-bond donors (Lipinski definition) is 3. The Labute approximate surface area is 284 Å². The Bertz CT molecular complexity index is 1620. The number of fused-ring (bicyclic) bond motifs is 1. The van der Waals surface area contributed by atoms with Gasteiger partial charge in [0, 0.05) is 36.2 Å². The Balaban J connectivity index is 1.30. The predicted octanol–water partition coefficient (Wildman–Crippen LogP) is 3.31. The largest absolute Gasteiger partial charge is 0.499 e. The summed E-state index contributed by atoms with van der Waals surface area (Å²) >= 11 is 0. The molecule has 0 saturated carbocycles. The second-order valence-electron chi connectivity index (χ2n) is 12.0. The number of esters is 1. The van der Waals surface area contributed by atoms with Crippen molar-refractivity contribution in [3.63, 3.8) is 0 Å². The molecule has 2 fully saturated rings. The van der Waals surface area contributed by atoms with Crippen molar-refractivity contribution < 1.29 is 43.5 Å². The number of nitrogens with zero attached hydrogens (tertiary/aromatic N) is 1. The van der Waals surface area contributed by atoms with E-state index in [0.29, 0.717) is 30.5 Å². The number of aliphatic hydroxyl groups is 2. The lowest BCUT2D eigenvalue weighted by Crippen LogP contribution is -2.49. The lowest BCUT2D eigenvalue weighted by molar-refractivity contribution is -0.157. The summed E-state index contributed by atoms with van der Waals surface area (Å²) in [6, 6.07) is 25.1. The van der Waals surface area contributed by atoms with Gasteiger partial charge in [0.2, 0.25) is 17.6 Å². The van der Waals surface area contributed by atoms with Gasteiger partial charge in [-0.2, -0.15) is 0 Å². The van der Waals surface area contributed by atoms with Crippen LogP contribution >= 0.6 is 0 Å². The number of ether oxygens (including phenoxy) is 4. The normalized spacial score (nSPS) is 22.7. The first-order valence-electron chi connectivity index (χ1n) is 16.5. The van der Waals surface area contributed by atoms with E-state index < -0.39 is 36.1 Å². The molecule has 0 spiro atoms. The van der Waals surface area contributed by atoms with Crippen LogP contribution in [0, 0.1) is 0 Å². The molecule has 0 aromatic heterocycles. The highest BCUT2D eigenvalue weighted by Gasteiger charge is 2.55. The number of amides is 2. The van der Waals surface area contributed by atoms with Crippen LogP contribution in [0.3, 0.4) is 0 Å². The molecule has 0 bridgehead atoms. The van der Waals surface area contributed by atoms with E-state index in [2.05, 4.69) is 5.32 Å². The fourth-order valence-electron chi connectivity index (χ4n) is 6.53. The van der Waals surface area contributed by atoms with Gasteiger partial charge in [-0.3, -0.25) is 9.59 Å². The zero-order valence-electron chi connectivity index (χ0n) is 27.0. The van der Waals surface area contributed by atoms with Gasteiger partial charge in [0.1, 0.15) is 31.0 Å². The van der Waals surface area contributed by atoms with Gasteiger partial charge in [-0.05, 0) is 42.7 Å². The number of carbonyl (C=O) groups is 3. The maximum absolute atomic E-state index is 14.1. The summed E-state index contributed by atoms with van der Waals surface area (Å²) in [7, 11) is 0. The van der Waals surface area contributed by atoms with Crippen LogP contribution in [0.4, 0.5) is 0 Å². The van der Waals surface area contributed by atoms with E-state index in [4.69, 9.17) is 24.1 Å². The molecule has 2 aliphatic heterocycles. The second kappa shape index (κ2) is 15.6. The van der Waals surface area contributed by atoms with Crippen molar-refractivity contribution in [2.45, 2.75) is 49.4 Å². The van der Waals surface area contributed by atoms with E-state index in [1.807, 2.05) is 60.7 Å². The first-order chi connectivity index (χ1) is 23.9. The van der Waals surface area contributed by atoms with Crippen molar-refractivity contribution in [2.75, 3.05) is 32.9 Å². The summed E-state index contributed by atoms with van der Waals surface area (Å²) in [5.74, 6) is -2.58. The van der Waals surface area contributed by atoms with Gasteiger partial charge in [0.05, 0.1) is 25.0 Å². The minimum atomic E-state index is -1.34. The van der Waals surface area contributed by atoms with Crippen molar-refractivity contribution in [1.29, 1.82) is 0 Å². The smallest absolute Gasteiger partial charge is 0.338 e. The maximum Gasteiger partial charge on any atom is 0.338 e. The summed E-state index contributed by atoms with van der Waals surface area (Å²) in [5, 5.41) is 20.8. The van der Waals surface area contributed by atoms with Crippen LogP contribution in [0.2, 0.25) is 0 Å². The van der Waals surface area contributed by atoms with Crippen molar-refractivity contribution in [3.8, 4) is 0 Å². The van der Waals surface area contributed by atoms with Gasteiger partial charge in [0.15, 0.2) is 0 Å². The minimum absolute atomic E-state index is 0.0548. The van der Waals surface area contributed by atoms with Crippen LogP contribution in [-0.2, 0) is 34.3 Å². The van der Waals surface area contributed by atoms with E-state index in [-0.39, 0.29) is 44.6 Å². The van der Waals surface area contributed by atoms with Gasteiger partial charge < -0.3 is 39.4 Å². The molecule has 2 amide bonds. The summed E-state index contributed by atoms with van der Waals surface area (Å²) in [5.41, 5.74) is 2.95. The zero-order chi connectivity index (χ0) is 34.2. The van der Waals surface area contributed by atoms with Gasteiger partial charge in [-0.15, -0.1) is 0 Å². The minimum Gasteiger partial charge on any atom is -0.499 e. The molecule has 11 nitrogen and oxygen atoms in total. The summed E-state index contributed by atoms with van der Waals surface area (Å²) < 4.78 is 24.9. The third-order valence-electron chi connectivity index (χ3n) is 8.86. The lowest BCUT2D eigenvalue weighted by Gasteiger charge is -2.33. The van der Waals surface area contributed by atoms with Gasteiger partial charge in [-0.1, -0.05) is 72.8 Å². The number of aliphatic hydroxyl groups excluding tert-OH is 2. The average molecular weight is 669 g/mol. The summed E-state index contributed by atoms with van der Waals surface area (Å²) in [4.78, 5) is 42.2. The number of carbonyl (C=O) groups excluding carboxylic acids is 3. The van der Waals surface area contributed by atoms with Gasteiger partial charge in [0.25, 0.3) is 0 Å². The number of benzene rings is 3. The molecule has 3 aliphatic rings. The molecule has 3 aromatic rings. The first-order valence-corrected chi connectivity index (χ1v) is 16.5. The van der Waals surface area contributed by atoms with Crippen LogP contribution in [0.1, 0.15) is 46.3 Å². The van der Waals surface area contributed by atoms with Crippen LogP contribution in [0.5, 0.6) is 0 Å². The molecule has 3 N–H and O–H groups in total. The average Bonchev–Trinajstić information content (AvgIpc) is 3.80. The van der Waals surface area contributed by atoms with Crippen molar-refractivity contribution in [3.05, 3.63) is 125 Å². The SMILES string of the molecule is O=C(O[C@@H]1CC(C(=O)N2CCC[C@@H]2C(=O)NCCO)=C[C@H]2OC(c3ccccc3)(c3ccccc3)O[C@H]21)c1ccc(C=COCCO)cc1. The lowest BCUT2D eigenvalue weighted by atomic mass is 9.91. The highest BCUT2D eigenvalue weighted by molar-refractivity contribution is 5.98. The molecular weight excluding hydrogens is 628 g/mol. The number of rotatable bonds is 12. The topological polar surface area (TPSA) is 144 Å². The molecule has 0 radical (unpaired) electrons. The molecule has 256 valence electrons. The summed E-state index contributed by atoms with van der Waals surface area (Å²) in [6.07, 6.45) is 3.73. The highest BCUT2D eigenvalue weighted by atomic mass is 16.8. The molecule has 11 heteroatoms. The highest BCUT2D eigenvalue weighted by Crippen LogP contribution is 2.47. The Morgan fingerprint density at radius 1 is 0.918 bits per heavy atom. The fraction of sp³-hybridized carbons (Fsp3) is 0.342. The van der Waals surface area contributed by atoms with E-state index in [9.17, 15) is 19.5 Å². The molecule has 2 heterocycles. The number of likely N-dealkylation sites (tertiary alicyclic amines) is 1. The van der Waals surface area contributed by atoms with Crippen LogP contribution in [0.15, 0.2) is 103 Å². The van der Waals surface area contributed by atoms with E-state index in [0.717, 1.165) is 16.7 Å². The van der Waals surface area contributed by atoms with Gasteiger partial charge >= 0.3 is 5.97 Å². The van der Waals surface area contributed by atoms with Crippen LogP contribution in [-0.4, -0.2) is 90.2 Å². The fourth-order valence-corrected chi connectivity index (χ4v) is 6.53. The summed E-state index contributed by atoms with van der Waals surface area (Å²) in [6.45, 7) is 0.385. The quantitative estimate of drug-likeness (QED) is 0.151. The Hall–Kier alpha value is -4.81. The Morgan fingerprint density at radius 2 is 1.61 bits per heavy atom. The molecule has 1 aliphatic carbocycles. The van der Waals surface area contributed by atoms with E-state index >= 15 is 0 Å². The number of hydrogen-bond acceptors (Lipinski definition) is 9. The van der Waals surface area contributed by atoms with Gasteiger partial charge in [-0.25, -0.2) is 4.79 Å². The van der Waals surface area contributed by atoms with Crippen LogP contribution in [0.25, 0.3) is 6.08 Å². The maximum atomic E-state index is 14.1. The van der Waals surface area contributed by atoms with Crippen molar-refractivity contribution in [1.82, 2.24) is 10.2 Å². The molecule has 6 rings (SSSR count). The standard InChI is InChI=1S/C38H40N2O9/c41-20-18-39-35(43)31-12-7-19-40(31)36(44)28-24-32(47-37(45)27-15-13-26(14-16-27)17-22-46-23-21-42)34-33(25-28)48-38(49-34,29-8-3-1-4-9-29)30-10-5-2-6-11-30/h1-6,8-11,13-17,22,25,31-34,41-42H,7,12,18-21,23-24H2,(H,39,43)/t31-,32-,33-,34+/m1/s1. The third-order valence-corrected chi connectivity index (χ3v) is 8.86. The monoisotopic (exact) mass is 668 g/mol. The van der Waals surface area contributed by atoms with Crippen LogP contribution < -0.4 is 5.32 Å². The molecular formula is C38H40N2O9. The molecule has 2 saturated heterocycles. The van der Waals surface area contributed by atoms with Crippen molar-refractivity contribution >= 4 is 23.9 Å². The molecule has 4 atom stereocenters. The number of nitrogens with one attached hydrogen (secondary N) is 1.